The third-order valence-electron chi connectivity index (χ3n) is 3.82. The van der Waals surface area contributed by atoms with Crippen molar-refractivity contribution in [2.45, 2.75) is 38.3 Å². The van der Waals surface area contributed by atoms with Gasteiger partial charge in [-0.15, -0.1) is 0 Å². The Hall–Kier alpha value is -1.91. The first-order valence-electron chi connectivity index (χ1n) is 7.21. The van der Waals surface area contributed by atoms with Crippen LogP contribution >= 0.6 is 0 Å². The third-order valence-corrected chi connectivity index (χ3v) is 3.82. The number of hydrogen-bond acceptors (Lipinski definition) is 3. The number of nitrogens with zero attached hydrogens (tertiary/aromatic N) is 1. The quantitative estimate of drug-likeness (QED) is 0.654. The molecule has 20 heavy (non-hydrogen) atoms. The van der Waals surface area contributed by atoms with Crippen molar-refractivity contribution in [3.05, 3.63) is 23.8 Å². The van der Waals surface area contributed by atoms with E-state index in [2.05, 4.69) is 15.6 Å². The van der Waals surface area contributed by atoms with Gasteiger partial charge in [-0.1, -0.05) is 18.9 Å². The molecule has 1 aromatic rings. The van der Waals surface area contributed by atoms with Gasteiger partial charge in [-0.05, 0) is 30.5 Å². The molecule has 0 unspecified atom stereocenters. The van der Waals surface area contributed by atoms with Gasteiger partial charge in [0.15, 0.2) is 17.5 Å². The van der Waals surface area contributed by atoms with Crippen LogP contribution in [0.3, 0.4) is 0 Å². The molecule has 0 bridgehead atoms. The van der Waals surface area contributed by atoms with E-state index in [0.717, 1.165) is 29.6 Å². The SMILES string of the molecule is CN=C(NCc1ccc2c(c1)OCO2)NC1CCCC1. The molecule has 1 saturated carbocycles. The fraction of sp³-hybridized carbons (Fsp3) is 0.533. The van der Waals surface area contributed by atoms with Crippen molar-refractivity contribution < 1.29 is 9.47 Å². The lowest BCUT2D eigenvalue weighted by molar-refractivity contribution is 0.174. The van der Waals surface area contributed by atoms with Gasteiger partial charge in [0, 0.05) is 19.6 Å². The van der Waals surface area contributed by atoms with E-state index >= 15 is 0 Å². The zero-order valence-corrected chi connectivity index (χ0v) is 11.8. The summed E-state index contributed by atoms with van der Waals surface area (Å²) in [4.78, 5) is 4.28. The summed E-state index contributed by atoms with van der Waals surface area (Å²) in [7, 11) is 1.81. The van der Waals surface area contributed by atoms with Gasteiger partial charge in [-0.3, -0.25) is 4.99 Å². The Balaban J connectivity index is 1.54. The van der Waals surface area contributed by atoms with E-state index in [1.165, 1.54) is 25.7 Å². The maximum absolute atomic E-state index is 5.38. The van der Waals surface area contributed by atoms with Gasteiger partial charge < -0.3 is 20.1 Å². The Morgan fingerprint density at radius 2 is 2.05 bits per heavy atom. The van der Waals surface area contributed by atoms with E-state index in [4.69, 9.17) is 9.47 Å². The van der Waals surface area contributed by atoms with Crippen molar-refractivity contribution in [2.75, 3.05) is 13.8 Å². The average molecular weight is 275 g/mol. The predicted molar refractivity (Wildman–Crippen MR) is 78.2 cm³/mol. The van der Waals surface area contributed by atoms with Crippen LogP contribution in [0.1, 0.15) is 31.2 Å². The third kappa shape index (κ3) is 2.98. The lowest BCUT2D eigenvalue weighted by Gasteiger charge is -2.16. The van der Waals surface area contributed by atoms with Crippen molar-refractivity contribution in [3.8, 4) is 11.5 Å². The Morgan fingerprint density at radius 3 is 2.85 bits per heavy atom. The summed E-state index contributed by atoms with van der Waals surface area (Å²) >= 11 is 0. The summed E-state index contributed by atoms with van der Waals surface area (Å²) < 4.78 is 10.7. The van der Waals surface area contributed by atoms with E-state index in [-0.39, 0.29) is 0 Å². The van der Waals surface area contributed by atoms with Crippen molar-refractivity contribution >= 4 is 5.96 Å². The average Bonchev–Trinajstić information content (AvgIpc) is 3.13. The minimum absolute atomic E-state index is 0.317. The molecule has 0 amide bonds. The standard InChI is InChI=1S/C15H21N3O2/c1-16-15(18-12-4-2-3-5-12)17-9-11-6-7-13-14(8-11)20-10-19-13/h6-8,12H,2-5,9-10H2,1H3,(H2,16,17,18). The van der Waals surface area contributed by atoms with Crippen molar-refractivity contribution in [2.24, 2.45) is 4.99 Å². The molecule has 1 heterocycles. The number of benzene rings is 1. The molecule has 3 rings (SSSR count). The van der Waals surface area contributed by atoms with E-state index in [9.17, 15) is 0 Å². The highest BCUT2D eigenvalue weighted by Gasteiger charge is 2.16. The van der Waals surface area contributed by atoms with Gasteiger partial charge in [0.1, 0.15) is 0 Å². The molecule has 2 aliphatic rings. The molecule has 0 aromatic heterocycles. The summed E-state index contributed by atoms with van der Waals surface area (Å²) in [6, 6.07) is 6.58. The van der Waals surface area contributed by atoms with E-state index in [1.54, 1.807) is 0 Å². The maximum atomic E-state index is 5.38. The number of nitrogens with one attached hydrogen (secondary N) is 2. The van der Waals surface area contributed by atoms with Crippen LogP contribution in [0.2, 0.25) is 0 Å². The first-order valence-corrected chi connectivity index (χ1v) is 7.21. The minimum Gasteiger partial charge on any atom is -0.454 e. The number of fused-ring (bicyclic) bond motifs is 1. The second kappa shape index (κ2) is 6.03. The highest BCUT2D eigenvalue weighted by molar-refractivity contribution is 5.80. The molecule has 108 valence electrons. The largest absolute Gasteiger partial charge is 0.454 e. The van der Waals surface area contributed by atoms with E-state index in [0.29, 0.717) is 12.8 Å². The molecule has 5 nitrogen and oxygen atoms in total. The van der Waals surface area contributed by atoms with Gasteiger partial charge in [0.2, 0.25) is 6.79 Å². The van der Waals surface area contributed by atoms with Crippen LogP contribution in [-0.2, 0) is 6.54 Å². The van der Waals surface area contributed by atoms with Crippen molar-refractivity contribution in [1.29, 1.82) is 0 Å². The number of aliphatic imine (C=N–C) groups is 1. The lowest BCUT2D eigenvalue weighted by atomic mass is 10.2. The van der Waals surface area contributed by atoms with Crippen molar-refractivity contribution in [1.82, 2.24) is 10.6 Å². The molecule has 0 atom stereocenters. The van der Waals surface area contributed by atoms with Crippen molar-refractivity contribution in [3.63, 3.8) is 0 Å². The molecule has 0 spiro atoms. The van der Waals surface area contributed by atoms with Gasteiger partial charge in [-0.25, -0.2) is 0 Å². The van der Waals surface area contributed by atoms with Crippen LogP contribution in [0.5, 0.6) is 11.5 Å². The summed E-state index contributed by atoms with van der Waals surface area (Å²) in [5.41, 5.74) is 1.16. The fourth-order valence-corrected chi connectivity index (χ4v) is 2.69. The van der Waals surface area contributed by atoms with Gasteiger partial charge in [0.25, 0.3) is 0 Å². The molecular formula is C15H21N3O2. The van der Waals surface area contributed by atoms with Crippen LogP contribution in [-0.4, -0.2) is 25.8 Å². The number of rotatable bonds is 3. The Bertz CT molecular complexity index is 496. The zero-order valence-electron chi connectivity index (χ0n) is 11.8. The monoisotopic (exact) mass is 275 g/mol. The molecular weight excluding hydrogens is 254 g/mol. The van der Waals surface area contributed by atoms with Crippen LogP contribution < -0.4 is 20.1 Å². The summed E-state index contributed by atoms with van der Waals surface area (Å²) in [6.45, 7) is 1.04. The van der Waals surface area contributed by atoms with Crippen LogP contribution in [0.25, 0.3) is 0 Å². The molecule has 1 aliphatic carbocycles. The molecule has 1 fully saturated rings. The second-order valence-electron chi connectivity index (χ2n) is 5.24. The number of guanidine groups is 1. The van der Waals surface area contributed by atoms with E-state index in [1.807, 2.05) is 25.2 Å². The van der Waals surface area contributed by atoms with Gasteiger partial charge >= 0.3 is 0 Å². The van der Waals surface area contributed by atoms with Gasteiger partial charge in [0.05, 0.1) is 0 Å². The predicted octanol–water partition coefficient (Wildman–Crippen LogP) is 2.02. The highest BCUT2D eigenvalue weighted by atomic mass is 16.7. The minimum atomic E-state index is 0.317. The highest BCUT2D eigenvalue weighted by Crippen LogP contribution is 2.32. The summed E-state index contributed by atoms with van der Waals surface area (Å²) in [6.07, 6.45) is 5.11. The first-order chi connectivity index (χ1) is 9.85. The molecule has 0 radical (unpaired) electrons. The molecule has 0 saturated heterocycles. The van der Waals surface area contributed by atoms with Crippen LogP contribution in [0.4, 0.5) is 0 Å². The molecule has 1 aliphatic heterocycles. The lowest BCUT2D eigenvalue weighted by Crippen LogP contribution is -2.41. The molecule has 1 aromatic carbocycles. The second-order valence-corrected chi connectivity index (χ2v) is 5.24. The fourth-order valence-electron chi connectivity index (χ4n) is 2.69. The molecule has 2 N–H and O–H groups in total. The Kier molecular flexibility index (Phi) is 3.95. The Morgan fingerprint density at radius 1 is 1.25 bits per heavy atom. The van der Waals surface area contributed by atoms with Crippen LogP contribution in [0, 0.1) is 0 Å². The number of hydrogen-bond donors (Lipinski definition) is 2. The molecule has 5 heteroatoms. The first kappa shape index (κ1) is 13.1. The normalized spacial score (nSPS) is 18.4. The van der Waals surface area contributed by atoms with Gasteiger partial charge in [-0.2, -0.15) is 0 Å². The summed E-state index contributed by atoms with van der Waals surface area (Å²) in [5.74, 6) is 2.51. The maximum Gasteiger partial charge on any atom is 0.231 e. The van der Waals surface area contributed by atoms with Crippen LogP contribution in [0.15, 0.2) is 23.2 Å². The smallest absolute Gasteiger partial charge is 0.231 e. The summed E-state index contributed by atoms with van der Waals surface area (Å²) in [5, 5.41) is 6.82. The topological polar surface area (TPSA) is 54.9 Å². The van der Waals surface area contributed by atoms with E-state index < -0.39 is 0 Å². The zero-order chi connectivity index (χ0) is 13.8. The number of ether oxygens (including phenoxy) is 2. The Labute approximate surface area is 119 Å².